The monoisotopic (exact) mass is 1580 g/mol. The lowest BCUT2D eigenvalue weighted by Crippen LogP contribution is -2.21. The van der Waals surface area contributed by atoms with Gasteiger partial charge in [0.15, 0.2) is 0 Å². The zero-order valence-electron chi connectivity index (χ0n) is 69.5. The van der Waals surface area contributed by atoms with Gasteiger partial charge in [0.25, 0.3) is 0 Å². The van der Waals surface area contributed by atoms with Crippen LogP contribution < -0.4 is 9.80 Å². The van der Waals surface area contributed by atoms with Gasteiger partial charge in [0.05, 0.1) is 44.8 Å². The Morgan fingerprint density at radius 1 is 0.185 bits per heavy atom. The summed E-state index contributed by atoms with van der Waals surface area (Å²) < 4.78 is 4.86. The zero-order chi connectivity index (χ0) is 82.7. The number of para-hydroxylation sites is 4. The van der Waals surface area contributed by atoms with Crippen molar-refractivity contribution < 1.29 is 0 Å². The van der Waals surface area contributed by atoms with Crippen molar-refractivity contribution in [3.8, 4) is 123 Å². The summed E-state index contributed by atoms with van der Waals surface area (Å²) in [6.07, 6.45) is 0. The minimum atomic E-state index is -0.472. The van der Waals surface area contributed by atoms with Gasteiger partial charge in [0.2, 0.25) is 0 Å². The molecule has 586 valence electrons. The van der Waals surface area contributed by atoms with Gasteiger partial charge in [-0.1, -0.05) is 380 Å². The van der Waals surface area contributed by atoms with E-state index in [1.54, 1.807) is 0 Å². The van der Waals surface area contributed by atoms with Gasteiger partial charge in [-0.15, -0.1) is 0 Å². The second-order valence-corrected chi connectivity index (χ2v) is 34.1. The van der Waals surface area contributed by atoms with E-state index < -0.39 is 5.41 Å². The lowest BCUT2D eigenvalue weighted by molar-refractivity contribution is 0.660. The van der Waals surface area contributed by atoms with Crippen molar-refractivity contribution in [2.75, 3.05) is 9.80 Å². The third-order valence-electron chi connectivity index (χ3n) is 26.5. The van der Waals surface area contributed by atoms with Crippen LogP contribution in [0.5, 0.6) is 0 Å². The van der Waals surface area contributed by atoms with Gasteiger partial charge in [-0.3, -0.25) is 0 Å². The highest BCUT2D eigenvalue weighted by molar-refractivity contribution is 6.12. The maximum atomic E-state index is 2.59. The predicted molar refractivity (Wildman–Crippen MR) is 523 cm³/mol. The Morgan fingerprint density at radius 3 is 1.02 bits per heavy atom. The van der Waals surface area contributed by atoms with Crippen LogP contribution in [-0.4, -0.2) is 9.13 Å². The van der Waals surface area contributed by atoms with Crippen LogP contribution in [0.3, 0.4) is 0 Å². The van der Waals surface area contributed by atoms with E-state index in [1.165, 1.54) is 93.7 Å². The molecule has 2 aromatic heterocycles. The van der Waals surface area contributed by atoms with Gasteiger partial charge in [-0.2, -0.15) is 0 Å². The van der Waals surface area contributed by atoms with Gasteiger partial charge in [-0.05, 0) is 219 Å². The fourth-order valence-corrected chi connectivity index (χ4v) is 21.1. The number of hydrogen-bond acceptors (Lipinski definition) is 2. The van der Waals surface area contributed by atoms with Crippen LogP contribution in [0.15, 0.2) is 449 Å². The van der Waals surface area contributed by atoms with E-state index >= 15 is 0 Å². The Labute approximate surface area is 724 Å². The molecule has 0 N–H and O–H groups in total. The topological polar surface area (TPSA) is 16.3 Å². The Kier molecular flexibility index (Phi) is 17.6. The third-order valence-corrected chi connectivity index (χ3v) is 26.5. The number of aromatic nitrogens is 2. The van der Waals surface area contributed by atoms with Crippen LogP contribution in [0.1, 0.15) is 49.9 Å². The first kappa shape index (κ1) is 73.5. The molecule has 0 spiro atoms. The molecule has 0 atom stereocenters. The molecular formula is C120H86N4. The van der Waals surface area contributed by atoms with Crippen molar-refractivity contribution in [3.63, 3.8) is 0 Å². The largest absolute Gasteiger partial charge is 0.310 e. The minimum absolute atomic E-state index is 0.349. The van der Waals surface area contributed by atoms with Crippen LogP contribution in [0, 0.1) is 0 Å². The molecule has 0 saturated heterocycles. The van der Waals surface area contributed by atoms with E-state index in [-0.39, 0.29) is 5.41 Å². The molecular weight excluding hydrogens is 1500 g/mol. The first-order valence-corrected chi connectivity index (χ1v) is 43.2. The number of anilines is 6. The number of benzene rings is 19. The van der Waals surface area contributed by atoms with E-state index in [4.69, 9.17) is 0 Å². The quantitative estimate of drug-likeness (QED) is 0.0959. The summed E-state index contributed by atoms with van der Waals surface area (Å²) in [6.45, 7) is 9.71. The summed E-state index contributed by atoms with van der Waals surface area (Å²) in [6, 6.07) is 167. The lowest BCUT2D eigenvalue weighted by Gasteiger charge is -2.34. The van der Waals surface area contributed by atoms with Gasteiger partial charge in [0.1, 0.15) is 0 Å². The molecule has 23 rings (SSSR count). The Hall–Kier alpha value is -15.6. The van der Waals surface area contributed by atoms with Crippen molar-refractivity contribution in [2.45, 2.75) is 38.5 Å². The molecule has 2 heterocycles. The van der Waals surface area contributed by atoms with Crippen LogP contribution >= 0.6 is 0 Å². The molecule has 124 heavy (non-hydrogen) atoms. The van der Waals surface area contributed by atoms with Crippen molar-refractivity contribution in [2.24, 2.45) is 0 Å². The van der Waals surface area contributed by atoms with Crippen LogP contribution in [0.4, 0.5) is 34.1 Å². The molecule has 0 unspecified atom stereocenters. The van der Waals surface area contributed by atoms with Crippen molar-refractivity contribution in [1.29, 1.82) is 0 Å². The summed E-state index contributed by atoms with van der Waals surface area (Å²) in [7, 11) is 0. The van der Waals surface area contributed by atoms with Crippen molar-refractivity contribution in [1.82, 2.24) is 9.13 Å². The summed E-state index contributed by atoms with van der Waals surface area (Å²) in [5.74, 6) is 0. The van der Waals surface area contributed by atoms with E-state index in [0.29, 0.717) is 0 Å². The van der Waals surface area contributed by atoms with Crippen LogP contribution in [-0.2, 0) is 10.8 Å². The van der Waals surface area contributed by atoms with Gasteiger partial charge in [-0.25, -0.2) is 0 Å². The van der Waals surface area contributed by atoms with Gasteiger partial charge < -0.3 is 18.9 Å². The van der Waals surface area contributed by atoms with E-state index in [9.17, 15) is 0 Å². The average molecular weight is 1580 g/mol. The standard InChI is InChI=1S/C120H86N4/c1-119(2)105-61-25-20-50-95(105)102-59-34-69-114(117(102)119)124(88-45-31-44-87(78-88)123-109-64-28-23-53-98(109)99-54-24-29-65-110(99)123)112-67-33-58-92(82-40-12-7-13-41-82)116(112)101-56-19-17-49-94(101)93-48-16-14-47-90(93)84-72-75-106-104(77-84)103-60-35-68-113(118(103)120(106,3)4)121(111-66-32-57-91(81-38-10-6-11-39-81)115(111)100-55-18-15-46-89(100)80-36-8-5-9-37-80)85-73-70-79(71-74-85)83-42-30-43-86(76-83)122-107-62-26-21-51-96(107)97-52-22-27-63-108(97)122/h5-78H,1-4H3. The maximum absolute atomic E-state index is 2.59. The first-order valence-electron chi connectivity index (χ1n) is 43.2. The summed E-state index contributed by atoms with van der Waals surface area (Å²) in [5, 5.41) is 4.95. The minimum Gasteiger partial charge on any atom is -0.310 e. The van der Waals surface area contributed by atoms with Crippen molar-refractivity contribution in [3.05, 3.63) is 471 Å². The maximum Gasteiger partial charge on any atom is 0.0546 e. The average Bonchev–Trinajstić information content (AvgIpc) is 1.01. The molecule has 0 bridgehead atoms. The van der Waals surface area contributed by atoms with Gasteiger partial charge >= 0.3 is 0 Å². The molecule has 0 amide bonds. The fourth-order valence-electron chi connectivity index (χ4n) is 21.1. The van der Waals surface area contributed by atoms with Crippen LogP contribution in [0.25, 0.3) is 166 Å². The number of hydrogen-bond donors (Lipinski definition) is 0. The highest BCUT2D eigenvalue weighted by atomic mass is 15.2. The smallest absolute Gasteiger partial charge is 0.0546 e. The van der Waals surface area contributed by atoms with E-state index in [1.807, 2.05) is 0 Å². The van der Waals surface area contributed by atoms with E-state index in [0.717, 1.165) is 129 Å². The Bertz CT molecular complexity index is 7690. The summed E-state index contributed by atoms with van der Waals surface area (Å²) in [5.41, 5.74) is 41.1. The second kappa shape index (κ2) is 29.7. The van der Waals surface area contributed by atoms with Crippen molar-refractivity contribution >= 4 is 77.7 Å². The SMILES string of the molecule is CC1(C)c2ccc(-c3ccccc3-c3ccccc3-c3c(-c4ccccc4)cccc3N(c3cccc(-n4c5ccccc5c5ccccc54)c3)c3cccc4c3C(C)(C)c3ccccc3-4)cc2-c2cccc(N(c3ccc(-c4cccc(-n5c6ccccc6c6ccccc65)c4)cc3)c3cccc(-c4ccccc4)c3-c3ccccc3-c3ccccc3)c21. The molecule has 0 saturated carbocycles. The molecule has 4 heteroatoms. The molecule has 0 radical (unpaired) electrons. The normalized spacial score (nSPS) is 12.8. The molecule has 2 aliphatic rings. The molecule has 0 fully saturated rings. The number of nitrogens with zero attached hydrogens (tertiary/aromatic N) is 4. The summed E-state index contributed by atoms with van der Waals surface area (Å²) in [4.78, 5) is 5.17. The second-order valence-electron chi connectivity index (χ2n) is 34.1. The molecule has 2 aliphatic carbocycles. The summed E-state index contributed by atoms with van der Waals surface area (Å²) >= 11 is 0. The highest BCUT2D eigenvalue weighted by Crippen LogP contribution is 2.60. The third kappa shape index (κ3) is 11.9. The van der Waals surface area contributed by atoms with E-state index in [2.05, 4.69) is 496 Å². The number of rotatable bonds is 16. The fraction of sp³-hybridized carbons (Fsp3) is 0.0500. The number of fused-ring (bicyclic) bond motifs is 12. The molecule has 21 aromatic rings. The Morgan fingerprint density at radius 2 is 0.516 bits per heavy atom. The molecule has 4 nitrogen and oxygen atoms in total. The van der Waals surface area contributed by atoms with Crippen LogP contribution in [0.2, 0.25) is 0 Å². The zero-order valence-corrected chi connectivity index (χ0v) is 69.5. The Balaban J connectivity index is 0.698. The molecule has 19 aromatic carbocycles. The highest BCUT2D eigenvalue weighted by Gasteiger charge is 2.42. The van der Waals surface area contributed by atoms with Gasteiger partial charge in [0, 0.05) is 66.3 Å². The first-order chi connectivity index (χ1) is 61.1. The lowest BCUT2D eigenvalue weighted by atomic mass is 9.80. The predicted octanol–water partition coefficient (Wildman–Crippen LogP) is 32.8. The molecule has 0 aliphatic heterocycles.